The van der Waals surface area contributed by atoms with Crippen molar-refractivity contribution in [3.63, 3.8) is 0 Å². The quantitative estimate of drug-likeness (QED) is 0.717. The highest BCUT2D eigenvalue weighted by molar-refractivity contribution is 7.97. The summed E-state index contributed by atoms with van der Waals surface area (Å²) in [7, 11) is -1.19. The number of thioether (sulfide) groups is 1. The topological polar surface area (TPSA) is 72.3 Å². The molecule has 0 N–H and O–H groups in total. The first kappa shape index (κ1) is 20.9. The molecule has 1 aliphatic rings. The minimum Gasteiger partial charge on any atom is -0.337 e. The van der Waals surface area contributed by atoms with Gasteiger partial charge in [-0.2, -0.15) is 16.9 Å². The lowest BCUT2D eigenvalue weighted by Gasteiger charge is -2.18. The highest BCUT2D eigenvalue weighted by atomic mass is 32.2. The zero-order chi connectivity index (χ0) is 20.5. The number of carbonyl (C=O) groups excluding carboxylic acids is 1. The van der Waals surface area contributed by atoms with Crippen LogP contribution < -0.4 is 0 Å². The minimum atomic E-state index is -2.97. The van der Waals surface area contributed by atoms with E-state index in [0.717, 1.165) is 22.7 Å². The van der Waals surface area contributed by atoms with Crippen LogP contribution in [-0.2, 0) is 22.1 Å². The van der Waals surface area contributed by atoms with Gasteiger partial charge in [0.1, 0.15) is 0 Å². The van der Waals surface area contributed by atoms with Gasteiger partial charge < -0.3 is 4.90 Å². The Bertz CT molecular complexity index is 965. The molecule has 1 amide bonds. The summed E-state index contributed by atoms with van der Waals surface area (Å²) in [6.45, 7) is 4.32. The molecule has 0 saturated carbocycles. The number of aromatic nitrogens is 2. The van der Waals surface area contributed by atoms with E-state index in [1.54, 1.807) is 23.7 Å². The van der Waals surface area contributed by atoms with Gasteiger partial charge in [0, 0.05) is 36.2 Å². The van der Waals surface area contributed by atoms with Crippen LogP contribution in [-0.4, -0.2) is 53.8 Å². The predicted octanol–water partition coefficient (Wildman–Crippen LogP) is 2.99. The number of nitrogens with zero attached hydrogens (tertiary/aromatic N) is 3. The van der Waals surface area contributed by atoms with Crippen molar-refractivity contribution >= 4 is 27.5 Å². The van der Waals surface area contributed by atoms with E-state index in [-0.39, 0.29) is 23.5 Å². The summed E-state index contributed by atoms with van der Waals surface area (Å²) in [6.07, 6.45) is 2.65. The highest BCUT2D eigenvalue weighted by Crippen LogP contribution is 2.27. The van der Waals surface area contributed by atoms with Crippen LogP contribution in [0, 0.1) is 13.8 Å². The van der Waals surface area contributed by atoms with Gasteiger partial charge in [-0.05, 0) is 44.2 Å². The standard InChI is InChI=1S/C20H27N3O3S2/c1-14-19(15(2)23(21-14)18-9-10-28(25,26)13-18)11-22(3)20(24)17-7-5-16(6-8-17)12-27-4/h5-8,18H,9-13H2,1-4H3/t18-/m1/s1. The first-order chi connectivity index (χ1) is 13.2. The van der Waals surface area contributed by atoms with Gasteiger partial charge in [-0.1, -0.05) is 12.1 Å². The molecule has 0 unspecified atom stereocenters. The van der Waals surface area contributed by atoms with Crippen molar-refractivity contribution in [2.24, 2.45) is 0 Å². The lowest BCUT2D eigenvalue weighted by molar-refractivity contribution is 0.0784. The molecule has 1 aromatic heterocycles. The lowest BCUT2D eigenvalue weighted by Crippen LogP contribution is -2.26. The summed E-state index contributed by atoms with van der Waals surface area (Å²) in [5.74, 6) is 1.26. The Morgan fingerprint density at radius 3 is 2.54 bits per heavy atom. The minimum absolute atomic E-state index is 0.0364. The SMILES string of the molecule is CSCc1ccc(C(=O)N(C)Cc2c(C)nn([C@@H]3CCS(=O)(=O)C3)c2C)cc1. The number of hydrogen-bond acceptors (Lipinski definition) is 5. The molecule has 28 heavy (non-hydrogen) atoms. The summed E-state index contributed by atoms with van der Waals surface area (Å²) in [4.78, 5) is 14.5. The maximum atomic E-state index is 12.8. The molecule has 152 valence electrons. The zero-order valence-corrected chi connectivity index (χ0v) is 18.4. The second-order valence-corrected chi connectivity index (χ2v) is 10.5. The van der Waals surface area contributed by atoms with Gasteiger partial charge in [-0.3, -0.25) is 9.48 Å². The molecule has 0 radical (unpaired) electrons. The lowest BCUT2D eigenvalue weighted by atomic mass is 10.1. The third kappa shape index (κ3) is 4.43. The Morgan fingerprint density at radius 1 is 1.29 bits per heavy atom. The number of aryl methyl sites for hydroxylation is 1. The van der Waals surface area contributed by atoms with Crippen molar-refractivity contribution in [3.05, 3.63) is 52.3 Å². The first-order valence-electron chi connectivity index (χ1n) is 9.30. The molecule has 0 spiro atoms. The fourth-order valence-corrected chi connectivity index (χ4v) is 5.91. The van der Waals surface area contributed by atoms with Crippen molar-refractivity contribution in [1.29, 1.82) is 0 Å². The first-order valence-corrected chi connectivity index (χ1v) is 12.5. The van der Waals surface area contributed by atoms with Gasteiger partial charge >= 0.3 is 0 Å². The molecule has 1 aromatic carbocycles. The zero-order valence-electron chi connectivity index (χ0n) is 16.8. The van der Waals surface area contributed by atoms with E-state index in [4.69, 9.17) is 0 Å². The van der Waals surface area contributed by atoms with Crippen molar-refractivity contribution < 1.29 is 13.2 Å². The van der Waals surface area contributed by atoms with Crippen LogP contribution in [0.25, 0.3) is 0 Å². The average molecular weight is 422 g/mol. The van der Waals surface area contributed by atoms with E-state index in [9.17, 15) is 13.2 Å². The third-order valence-corrected chi connectivity index (χ3v) is 7.66. The fraction of sp³-hybridized carbons (Fsp3) is 0.500. The van der Waals surface area contributed by atoms with Crippen LogP contribution in [0.5, 0.6) is 0 Å². The Morgan fingerprint density at radius 2 is 1.96 bits per heavy atom. The van der Waals surface area contributed by atoms with Crippen LogP contribution in [0.4, 0.5) is 0 Å². The summed E-state index contributed by atoms with van der Waals surface area (Å²) < 4.78 is 25.5. The number of carbonyl (C=O) groups is 1. The van der Waals surface area contributed by atoms with Crippen LogP contribution in [0.3, 0.4) is 0 Å². The fourth-order valence-electron chi connectivity index (χ4n) is 3.69. The number of hydrogen-bond donors (Lipinski definition) is 0. The van der Waals surface area contributed by atoms with Crippen molar-refractivity contribution in [2.45, 2.75) is 38.6 Å². The Kier molecular flexibility index (Phi) is 6.19. The van der Waals surface area contributed by atoms with Gasteiger partial charge in [0.25, 0.3) is 5.91 Å². The Labute approximate surface area is 171 Å². The second kappa shape index (κ2) is 8.29. The molecular weight excluding hydrogens is 394 g/mol. The maximum absolute atomic E-state index is 12.8. The Balaban J connectivity index is 1.75. The maximum Gasteiger partial charge on any atom is 0.253 e. The van der Waals surface area contributed by atoms with Crippen LogP contribution >= 0.6 is 11.8 Å². The Hall–Kier alpha value is -1.80. The summed E-state index contributed by atoms with van der Waals surface area (Å²) in [6, 6.07) is 7.62. The van der Waals surface area contributed by atoms with Crippen LogP contribution in [0.2, 0.25) is 0 Å². The smallest absolute Gasteiger partial charge is 0.253 e. The summed E-state index contributed by atoms with van der Waals surface area (Å²) in [5.41, 5.74) is 4.63. The molecule has 2 heterocycles. The van der Waals surface area contributed by atoms with Crippen molar-refractivity contribution in [3.8, 4) is 0 Å². The van der Waals surface area contributed by atoms with E-state index >= 15 is 0 Å². The number of rotatable bonds is 6. The highest BCUT2D eigenvalue weighted by Gasteiger charge is 2.31. The molecule has 1 aliphatic heterocycles. The second-order valence-electron chi connectivity index (χ2n) is 7.44. The molecule has 1 atom stereocenters. The van der Waals surface area contributed by atoms with Gasteiger partial charge in [-0.25, -0.2) is 8.42 Å². The van der Waals surface area contributed by atoms with Gasteiger partial charge in [0.2, 0.25) is 0 Å². The van der Waals surface area contributed by atoms with E-state index < -0.39 is 9.84 Å². The third-order valence-electron chi connectivity index (χ3n) is 5.28. The van der Waals surface area contributed by atoms with E-state index in [1.807, 2.05) is 42.8 Å². The normalized spacial score (nSPS) is 18.4. The molecule has 0 bridgehead atoms. The largest absolute Gasteiger partial charge is 0.337 e. The number of sulfone groups is 1. The average Bonchev–Trinajstić information content (AvgIpc) is 3.15. The molecule has 0 aliphatic carbocycles. The molecule has 2 aromatic rings. The molecular formula is C20H27N3O3S2. The van der Waals surface area contributed by atoms with E-state index in [2.05, 4.69) is 11.4 Å². The van der Waals surface area contributed by atoms with E-state index in [0.29, 0.717) is 18.5 Å². The van der Waals surface area contributed by atoms with Crippen LogP contribution in [0.1, 0.15) is 45.3 Å². The summed E-state index contributed by atoms with van der Waals surface area (Å²) in [5, 5.41) is 4.59. The van der Waals surface area contributed by atoms with Crippen molar-refractivity contribution in [2.75, 3.05) is 24.8 Å². The van der Waals surface area contributed by atoms with Crippen molar-refractivity contribution in [1.82, 2.24) is 14.7 Å². The molecule has 1 fully saturated rings. The molecule has 3 rings (SSSR count). The molecule has 6 nitrogen and oxygen atoms in total. The predicted molar refractivity (Wildman–Crippen MR) is 113 cm³/mol. The van der Waals surface area contributed by atoms with Gasteiger partial charge in [0.05, 0.1) is 23.2 Å². The van der Waals surface area contributed by atoms with Gasteiger partial charge in [-0.15, -0.1) is 0 Å². The summed E-state index contributed by atoms with van der Waals surface area (Å²) >= 11 is 1.75. The number of amides is 1. The molecule has 8 heteroatoms. The monoisotopic (exact) mass is 421 g/mol. The molecule has 1 saturated heterocycles. The number of benzene rings is 1. The van der Waals surface area contributed by atoms with Gasteiger partial charge in [0.15, 0.2) is 9.84 Å². The van der Waals surface area contributed by atoms with E-state index in [1.165, 1.54) is 5.56 Å². The van der Waals surface area contributed by atoms with Crippen LogP contribution in [0.15, 0.2) is 24.3 Å².